The van der Waals surface area contributed by atoms with Crippen molar-refractivity contribution in [3.05, 3.63) is 106 Å². The highest BCUT2D eigenvalue weighted by Crippen LogP contribution is 2.67. The number of hydrogen-bond acceptors (Lipinski definition) is 0. The maximum atomic E-state index is 9.25. The molecule has 4 aromatic rings. The number of hydrogen-bond donors (Lipinski definition) is 0. The summed E-state index contributed by atoms with van der Waals surface area (Å²) in [7, 11) is 4.31. The smallest absolute Gasteiger partial charge is 0.201 e. The highest BCUT2D eigenvalue weighted by atomic mass is 14.9. The van der Waals surface area contributed by atoms with E-state index in [1.807, 2.05) is 0 Å². The first-order chi connectivity index (χ1) is 20.4. The van der Waals surface area contributed by atoms with Gasteiger partial charge in [-0.05, 0) is 89.6 Å². The Kier molecular flexibility index (Phi) is 6.55. The van der Waals surface area contributed by atoms with E-state index in [-0.39, 0.29) is 21.7 Å². The molecule has 0 aliphatic heterocycles. The number of aryl methyl sites for hydroxylation is 4. The highest BCUT2D eigenvalue weighted by molar-refractivity contribution is 5.64. The van der Waals surface area contributed by atoms with Gasteiger partial charge in [0.25, 0.3) is 0 Å². The zero-order chi connectivity index (χ0) is 32.0. The van der Waals surface area contributed by atoms with E-state index in [4.69, 9.17) is 0 Å². The number of fused-ring (bicyclic) bond motifs is 6. The van der Waals surface area contributed by atoms with Gasteiger partial charge < -0.3 is 0 Å². The molecule has 7 rings (SSSR count). The van der Waals surface area contributed by atoms with Crippen LogP contribution in [0.1, 0.15) is 108 Å². The molecule has 2 bridgehead atoms. The minimum atomic E-state index is -0.456. The van der Waals surface area contributed by atoms with Crippen molar-refractivity contribution in [1.82, 2.24) is 0 Å². The first kappa shape index (κ1) is 28.5. The van der Waals surface area contributed by atoms with Gasteiger partial charge in [-0.2, -0.15) is 0 Å². The first-order valence-corrected chi connectivity index (χ1v) is 16.2. The van der Waals surface area contributed by atoms with Gasteiger partial charge in [-0.15, -0.1) is 0 Å². The van der Waals surface area contributed by atoms with Crippen LogP contribution in [-0.4, -0.2) is 0 Å². The number of aromatic nitrogens is 2. The lowest BCUT2D eigenvalue weighted by atomic mass is 9.69. The molecular weight excluding hydrogens is 520 g/mol. The van der Waals surface area contributed by atoms with Gasteiger partial charge in [-0.1, -0.05) is 84.9 Å². The average molecular weight is 574 g/mol. The fourth-order valence-electron chi connectivity index (χ4n) is 8.91. The fraction of sp³-hybridized carbons (Fsp3) is 0.463. The van der Waals surface area contributed by atoms with E-state index in [1.165, 1.54) is 62.3 Å². The third-order valence-corrected chi connectivity index (χ3v) is 11.7. The summed E-state index contributed by atoms with van der Waals surface area (Å²) in [6.07, 6.45) is 7.97. The molecule has 2 atom stereocenters. The Morgan fingerprint density at radius 3 is 1.72 bits per heavy atom. The van der Waals surface area contributed by atoms with E-state index in [9.17, 15) is 1.37 Å². The molecule has 2 unspecified atom stereocenters. The van der Waals surface area contributed by atoms with Gasteiger partial charge in [-0.3, -0.25) is 0 Å². The summed E-state index contributed by atoms with van der Waals surface area (Å²) in [5, 5.41) is 0. The molecule has 0 amide bonds. The molecule has 2 aromatic carbocycles. The van der Waals surface area contributed by atoms with Crippen molar-refractivity contribution in [1.29, 1.82) is 0 Å². The van der Waals surface area contributed by atoms with Gasteiger partial charge in [0.15, 0.2) is 12.4 Å². The second-order valence-electron chi connectivity index (χ2n) is 15.7. The minimum Gasteiger partial charge on any atom is -0.201 e. The van der Waals surface area contributed by atoms with E-state index in [2.05, 4.69) is 159 Å². The third-order valence-electron chi connectivity index (χ3n) is 11.7. The number of benzene rings is 2. The second-order valence-corrected chi connectivity index (χ2v) is 15.7. The van der Waals surface area contributed by atoms with Gasteiger partial charge in [0, 0.05) is 41.2 Å². The Morgan fingerprint density at radius 1 is 0.674 bits per heavy atom. The van der Waals surface area contributed by atoms with Crippen LogP contribution in [0, 0.1) is 19.3 Å². The van der Waals surface area contributed by atoms with Gasteiger partial charge >= 0.3 is 0 Å². The van der Waals surface area contributed by atoms with Crippen molar-refractivity contribution in [2.75, 3.05) is 0 Å². The molecule has 2 heterocycles. The zero-order valence-corrected chi connectivity index (χ0v) is 28.4. The van der Waals surface area contributed by atoms with Crippen LogP contribution in [0.25, 0.3) is 22.5 Å². The third kappa shape index (κ3) is 4.50. The Labute approximate surface area is 262 Å². The maximum absolute atomic E-state index is 9.25. The van der Waals surface area contributed by atoms with Crippen LogP contribution in [-0.2, 0) is 30.3 Å². The van der Waals surface area contributed by atoms with Crippen LogP contribution in [0.15, 0.2) is 73.1 Å². The highest BCUT2D eigenvalue weighted by Gasteiger charge is 2.60. The maximum Gasteiger partial charge on any atom is 0.212 e. The molecule has 1 fully saturated rings. The predicted octanol–water partition coefficient (Wildman–Crippen LogP) is 9.11. The molecule has 0 radical (unpaired) electrons. The van der Waals surface area contributed by atoms with Crippen molar-refractivity contribution >= 4 is 0 Å². The van der Waals surface area contributed by atoms with Crippen LogP contribution in [0.5, 0.6) is 0 Å². The zero-order valence-electron chi connectivity index (χ0n) is 29.4. The van der Waals surface area contributed by atoms with E-state index < -0.39 is 5.89 Å². The summed E-state index contributed by atoms with van der Waals surface area (Å²) in [6.45, 7) is 20.8. The molecular formula is C41H52N2+2. The van der Waals surface area contributed by atoms with Crippen molar-refractivity contribution in [3.8, 4) is 22.5 Å². The molecule has 1 saturated carbocycles. The molecule has 2 heteroatoms. The Bertz CT molecular complexity index is 1790. The predicted molar refractivity (Wildman–Crippen MR) is 179 cm³/mol. The van der Waals surface area contributed by atoms with Crippen LogP contribution in [0.2, 0.25) is 0 Å². The molecule has 224 valence electrons. The standard InChI is InChI=1S/C21H26N.C20H26N/c1-14-8-6-7-9-15(14)19-12-16-17-10-11-21(4,20(17,2)3)18(16)13-22(19)5;1-14-9-7-8-10-15(14)18-11-16-17(12-21(18)6)20(4,5)13-19(16,2)3/h6-9,12-13,17H,10-11H2,1-5H3;7-12H,13H2,1-6H3/q2*+1/i17D;. The largest absolute Gasteiger partial charge is 0.212 e. The fourth-order valence-corrected chi connectivity index (χ4v) is 8.91. The molecule has 2 aromatic heterocycles. The molecule has 2 nitrogen and oxygen atoms in total. The first-order valence-electron chi connectivity index (χ1n) is 16.7. The minimum absolute atomic E-state index is 0.0142. The van der Waals surface area contributed by atoms with Gasteiger partial charge in [-0.25, -0.2) is 9.13 Å². The second kappa shape index (κ2) is 9.88. The van der Waals surface area contributed by atoms with Crippen molar-refractivity contribution in [2.45, 2.75) is 104 Å². The van der Waals surface area contributed by atoms with Crippen LogP contribution in [0.3, 0.4) is 0 Å². The van der Waals surface area contributed by atoms with Gasteiger partial charge in [0.2, 0.25) is 11.4 Å². The summed E-state index contributed by atoms with van der Waals surface area (Å²) in [6, 6.07) is 21.9. The molecule has 0 N–H and O–H groups in total. The van der Waals surface area contributed by atoms with Crippen molar-refractivity contribution < 1.29 is 10.5 Å². The lowest BCUT2D eigenvalue weighted by Crippen LogP contribution is -2.36. The van der Waals surface area contributed by atoms with Gasteiger partial charge in [0.1, 0.15) is 14.1 Å². The summed E-state index contributed by atoms with van der Waals surface area (Å²) < 4.78 is 13.8. The number of nitrogens with zero attached hydrogens (tertiary/aromatic N) is 2. The summed E-state index contributed by atoms with van der Waals surface area (Å²) in [4.78, 5) is 0. The molecule has 0 spiro atoms. The monoisotopic (exact) mass is 573 g/mol. The number of pyridine rings is 2. The van der Waals surface area contributed by atoms with Crippen LogP contribution < -0.4 is 9.13 Å². The molecule has 43 heavy (non-hydrogen) atoms. The topological polar surface area (TPSA) is 7.76 Å². The Hall–Kier alpha value is -3.26. The van der Waals surface area contributed by atoms with Crippen LogP contribution >= 0.6 is 0 Å². The van der Waals surface area contributed by atoms with E-state index in [0.717, 1.165) is 12.8 Å². The van der Waals surface area contributed by atoms with Gasteiger partial charge in [0.05, 0.1) is 0 Å². The summed E-state index contributed by atoms with van der Waals surface area (Å²) in [5.41, 5.74) is 14.1. The summed E-state index contributed by atoms with van der Waals surface area (Å²) >= 11 is 0. The van der Waals surface area contributed by atoms with Crippen molar-refractivity contribution in [2.24, 2.45) is 19.5 Å². The average Bonchev–Trinajstić information content (AvgIpc) is 3.30. The summed E-state index contributed by atoms with van der Waals surface area (Å²) in [5.74, 6) is -0.456. The van der Waals surface area contributed by atoms with E-state index >= 15 is 0 Å². The van der Waals surface area contributed by atoms with Crippen molar-refractivity contribution in [3.63, 3.8) is 0 Å². The Morgan fingerprint density at radius 2 is 1.16 bits per heavy atom. The Balaban J connectivity index is 0.000000157. The molecule has 3 aliphatic rings. The quantitative estimate of drug-likeness (QED) is 0.211. The van der Waals surface area contributed by atoms with E-state index in [1.54, 1.807) is 0 Å². The lowest BCUT2D eigenvalue weighted by molar-refractivity contribution is -0.661. The normalized spacial score (nSPS) is 25.4. The van der Waals surface area contributed by atoms with Crippen LogP contribution in [0.4, 0.5) is 0 Å². The SMILES string of the molecule is Cc1ccccc1-c1cc2c(c[n+]1C)C(C)(C)CC2(C)C.[2H]C12CCC(C)(c3c[n+](C)c(-c4ccccc4C)cc31)C2(C)C. The van der Waals surface area contributed by atoms with E-state index in [0.29, 0.717) is 0 Å². The molecule has 3 aliphatic carbocycles. The lowest BCUT2D eigenvalue weighted by Gasteiger charge is -2.34. The number of rotatable bonds is 2. The molecule has 0 saturated heterocycles.